The van der Waals surface area contributed by atoms with E-state index in [1.54, 1.807) is 6.08 Å². The first kappa shape index (κ1) is 9.58. The van der Waals surface area contributed by atoms with E-state index < -0.39 is 0 Å². The Hall–Kier alpha value is -1.51. The minimum Gasteiger partial charge on any atom is -0.488 e. The Morgan fingerprint density at radius 3 is 3.08 bits per heavy atom. The SMILES string of the molecule is C=C/C(C)=C\NC1=NCCOC1=C. The van der Waals surface area contributed by atoms with Crippen molar-refractivity contribution in [2.45, 2.75) is 6.92 Å². The zero-order chi connectivity index (χ0) is 9.68. The number of aliphatic imine (C=N–C) groups is 1. The van der Waals surface area contributed by atoms with Gasteiger partial charge in [0.1, 0.15) is 6.61 Å². The van der Waals surface area contributed by atoms with Crippen molar-refractivity contribution in [2.24, 2.45) is 4.99 Å². The van der Waals surface area contributed by atoms with Crippen LogP contribution in [0.5, 0.6) is 0 Å². The van der Waals surface area contributed by atoms with Crippen LogP contribution in [0.15, 0.2) is 41.8 Å². The monoisotopic (exact) mass is 178 g/mol. The van der Waals surface area contributed by atoms with Crippen molar-refractivity contribution < 1.29 is 4.74 Å². The first-order valence-electron chi connectivity index (χ1n) is 4.16. The summed E-state index contributed by atoms with van der Waals surface area (Å²) in [5, 5.41) is 3.01. The molecule has 0 saturated carbocycles. The molecule has 0 bridgehead atoms. The zero-order valence-electron chi connectivity index (χ0n) is 7.84. The first-order chi connectivity index (χ1) is 6.24. The van der Waals surface area contributed by atoms with Gasteiger partial charge in [0.2, 0.25) is 0 Å². The molecule has 1 N–H and O–H groups in total. The van der Waals surface area contributed by atoms with Crippen LogP contribution < -0.4 is 5.32 Å². The molecule has 0 aromatic rings. The third-order valence-electron chi connectivity index (χ3n) is 1.66. The molecule has 1 rings (SSSR count). The number of hydrogen-bond acceptors (Lipinski definition) is 3. The van der Waals surface area contributed by atoms with E-state index in [1.165, 1.54) is 0 Å². The quantitative estimate of drug-likeness (QED) is 0.652. The number of nitrogens with one attached hydrogen (secondary N) is 1. The number of allylic oxidation sites excluding steroid dienone is 2. The highest BCUT2D eigenvalue weighted by Gasteiger charge is 2.08. The van der Waals surface area contributed by atoms with Crippen molar-refractivity contribution in [3.63, 3.8) is 0 Å². The van der Waals surface area contributed by atoms with Crippen LogP contribution in [0.3, 0.4) is 0 Å². The van der Waals surface area contributed by atoms with Crippen molar-refractivity contribution >= 4 is 5.84 Å². The second kappa shape index (κ2) is 4.50. The minimum absolute atomic E-state index is 0.597. The molecule has 0 saturated heterocycles. The smallest absolute Gasteiger partial charge is 0.167 e. The third kappa shape index (κ3) is 2.78. The lowest BCUT2D eigenvalue weighted by molar-refractivity contribution is 0.231. The van der Waals surface area contributed by atoms with E-state index in [-0.39, 0.29) is 0 Å². The van der Waals surface area contributed by atoms with Crippen LogP contribution in [-0.4, -0.2) is 19.0 Å². The Labute approximate surface area is 78.5 Å². The summed E-state index contributed by atoms with van der Waals surface area (Å²) in [6, 6.07) is 0. The molecule has 0 unspecified atom stereocenters. The van der Waals surface area contributed by atoms with Crippen LogP contribution in [0, 0.1) is 0 Å². The van der Waals surface area contributed by atoms with Crippen LogP contribution >= 0.6 is 0 Å². The lowest BCUT2D eigenvalue weighted by Gasteiger charge is -2.15. The average molecular weight is 178 g/mol. The fourth-order valence-electron chi connectivity index (χ4n) is 0.850. The van der Waals surface area contributed by atoms with E-state index in [1.807, 2.05) is 13.1 Å². The summed E-state index contributed by atoms with van der Waals surface area (Å²) in [7, 11) is 0. The molecule has 1 aliphatic rings. The molecule has 0 radical (unpaired) electrons. The van der Waals surface area contributed by atoms with Gasteiger partial charge in [-0.05, 0) is 12.5 Å². The summed E-state index contributed by atoms with van der Waals surface area (Å²) in [6.45, 7) is 10.6. The maximum Gasteiger partial charge on any atom is 0.167 e. The van der Waals surface area contributed by atoms with Gasteiger partial charge in [-0.15, -0.1) is 0 Å². The molecule has 3 heteroatoms. The fraction of sp³-hybridized carbons (Fsp3) is 0.300. The fourth-order valence-corrected chi connectivity index (χ4v) is 0.850. The molecule has 13 heavy (non-hydrogen) atoms. The molecule has 0 amide bonds. The Morgan fingerprint density at radius 1 is 1.69 bits per heavy atom. The Balaban J connectivity index is 2.57. The lowest BCUT2D eigenvalue weighted by atomic mass is 10.3. The topological polar surface area (TPSA) is 33.6 Å². The molecule has 0 aromatic heterocycles. The van der Waals surface area contributed by atoms with Gasteiger partial charge in [0.05, 0.1) is 6.54 Å². The van der Waals surface area contributed by atoms with Crippen LogP contribution in [-0.2, 0) is 4.74 Å². The van der Waals surface area contributed by atoms with Crippen LogP contribution in [0.1, 0.15) is 6.92 Å². The van der Waals surface area contributed by atoms with Crippen molar-refractivity contribution in [3.8, 4) is 0 Å². The lowest BCUT2D eigenvalue weighted by Crippen LogP contribution is -2.26. The summed E-state index contributed by atoms with van der Waals surface area (Å²) in [4.78, 5) is 4.22. The minimum atomic E-state index is 0.597. The summed E-state index contributed by atoms with van der Waals surface area (Å²) < 4.78 is 5.21. The zero-order valence-corrected chi connectivity index (χ0v) is 7.84. The highest BCUT2D eigenvalue weighted by molar-refractivity contribution is 5.97. The Kier molecular flexibility index (Phi) is 3.31. The summed E-state index contributed by atoms with van der Waals surface area (Å²) in [6.07, 6.45) is 3.59. The van der Waals surface area contributed by atoms with Gasteiger partial charge in [-0.2, -0.15) is 0 Å². The molecular weight excluding hydrogens is 164 g/mol. The van der Waals surface area contributed by atoms with E-state index in [9.17, 15) is 0 Å². The van der Waals surface area contributed by atoms with Crippen molar-refractivity contribution in [2.75, 3.05) is 13.2 Å². The normalized spacial score (nSPS) is 17.5. The van der Waals surface area contributed by atoms with Gasteiger partial charge in [-0.25, -0.2) is 0 Å². The van der Waals surface area contributed by atoms with E-state index in [4.69, 9.17) is 4.74 Å². The highest BCUT2D eigenvalue weighted by atomic mass is 16.5. The number of amidine groups is 1. The highest BCUT2D eigenvalue weighted by Crippen LogP contribution is 2.02. The second-order valence-corrected chi connectivity index (χ2v) is 2.74. The summed E-state index contributed by atoms with van der Waals surface area (Å²) >= 11 is 0. The predicted molar refractivity (Wildman–Crippen MR) is 54.5 cm³/mol. The molecule has 0 fully saturated rings. The molecule has 3 nitrogen and oxygen atoms in total. The van der Waals surface area contributed by atoms with Crippen LogP contribution in [0.4, 0.5) is 0 Å². The van der Waals surface area contributed by atoms with Gasteiger partial charge in [0, 0.05) is 6.20 Å². The van der Waals surface area contributed by atoms with Gasteiger partial charge >= 0.3 is 0 Å². The first-order valence-corrected chi connectivity index (χ1v) is 4.16. The van der Waals surface area contributed by atoms with Crippen LogP contribution in [0.2, 0.25) is 0 Å². The second-order valence-electron chi connectivity index (χ2n) is 2.74. The van der Waals surface area contributed by atoms with Gasteiger partial charge in [-0.1, -0.05) is 19.2 Å². The van der Waals surface area contributed by atoms with Crippen molar-refractivity contribution in [1.29, 1.82) is 0 Å². The van der Waals surface area contributed by atoms with Gasteiger partial charge < -0.3 is 10.1 Å². The number of nitrogens with zero attached hydrogens (tertiary/aromatic N) is 1. The Bertz CT molecular complexity index is 277. The molecule has 70 valence electrons. The maximum atomic E-state index is 5.21. The van der Waals surface area contributed by atoms with Crippen LogP contribution in [0.25, 0.3) is 0 Å². The van der Waals surface area contributed by atoms with E-state index in [2.05, 4.69) is 23.5 Å². The van der Waals surface area contributed by atoms with Gasteiger partial charge in [0.25, 0.3) is 0 Å². The standard InChI is InChI=1S/C10H14N2O/c1-4-8(2)7-12-10-9(3)13-6-5-11-10/h4,7H,1,3,5-6H2,2H3,(H,11,12)/b8-7-. The molecule has 0 aromatic carbocycles. The van der Waals surface area contributed by atoms with E-state index >= 15 is 0 Å². The number of rotatable bonds is 2. The number of ether oxygens (including phenoxy) is 1. The maximum absolute atomic E-state index is 5.21. The van der Waals surface area contributed by atoms with Gasteiger partial charge in [0.15, 0.2) is 11.6 Å². The molecule has 1 aliphatic heterocycles. The van der Waals surface area contributed by atoms with Gasteiger partial charge in [-0.3, -0.25) is 4.99 Å². The molecular formula is C10H14N2O. The molecule has 0 aliphatic carbocycles. The molecule has 1 heterocycles. The Morgan fingerprint density at radius 2 is 2.46 bits per heavy atom. The molecule has 0 atom stereocenters. The van der Waals surface area contributed by atoms with E-state index in [0.717, 1.165) is 5.57 Å². The average Bonchev–Trinajstić information content (AvgIpc) is 2.16. The predicted octanol–water partition coefficient (Wildman–Crippen LogP) is 1.61. The van der Waals surface area contributed by atoms with Crippen molar-refractivity contribution in [3.05, 3.63) is 36.8 Å². The summed E-state index contributed by atoms with van der Waals surface area (Å²) in [5.74, 6) is 1.30. The third-order valence-corrected chi connectivity index (χ3v) is 1.66. The van der Waals surface area contributed by atoms with E-state index in [0.29, 0.717) is 24.7 Å². The largest absolute Gasteiger partial charge is 0.488 e. The summed E-state index contributed by atoms with van der Waals surface area (Å²) in [5.41, 5.74) is 1.04. The number of hydrogen-bond donors (Lipinski definition) is 1. The molecule has 0 spiro atoms. The van der Waals surface area contributed by atoms with Crippen molar-refractivity contribution in [1.82, 2.24) is 5.32 Å².